The van der Waals surface area contributed by atoms with Crippen LogP contribution in [0.15, 0.2) is 42.5 Å². The number of hydrogen-bond donors (Lipinski definition) is 1. The van der Waals surface area contributed by atoms with Crippen molar-refractivity contribution in [3.63, 3.8) is 0 Å². The van der Waals surface area contributed by atoms with Crippen LogP contribution in [0, 0.1) is 0 Å². The molecule has 0 fully saturated rings. The highest BCUT2D eigenvalue weighted by molar-refractivity contribution is 7.18. The molecule has 2 aromatic carbocycles. The first-order valence-electron chi connectivity index (χ1n) is 11.2. The Kier molecular flexibility index (Phi) is 9.31. The molecule has 3 aromatic rings. The number of rotatable bonds is 11. The fourth-order valence-corrected chi connectivity index (χ4v) is 4.20. The van der Waals surface area contributed by atoms with Crippen LogP contribution >= 0.6 is 11.3 Å². The Hall–Kier alpha value is -3.79. The summed E-state index contributed by atoms with van der Waals surface area (Å²) in [5.74, 6) is -2.41. The van der Waals surface area contributed by atoms with Gasteiger partial charge in [-0.15, -0.1) is 11.3 Å². The van der Waals surface area contributed by atoms with Crippen LogP contribution < -0.4 is 5.32 Å². The standard InChI is InChI=1S/C25H26N2O7S/c1-3-32-24(30)16-12-17(25(31)33-4-2)14-18(13-16)26-21(28)15-34-23(29)11-7-10-22-27-19-8-5-6-9-20(19)35-22/h5-6,8-9,12-14H,3-4,7,10-11,15H2,1-2H3,(H,26,28). The third-order valence-corrected chi connectivity index (χ3v) is 5.81. The van der Waals surface area contributed by atoms with E-state index in [2.05, 4.69) is 10.3 Å². The molecule has 184 valence electrons. The Bertz CT molecular complexity index is 1150. The smallest absolute Gasteiger partial charge is 0.338 e. The van der Waals surface area contributed by atoms with Crippen LogP contribution in [0.1, 0.15) is 52.4 Å². The quantitative estimate of drug-likeness (QED) is 0.309. The molecule has 1 amide bonds. The second kappa shape index (κ2) is 12.6. The molecule has 0 aliphatic rings. The van der Waals surface area contributed by atoms with E-state index in [0.717, 1.165) is 15.2 Å². The summed E-state index contributed by atoms with van der Waals surface area (Å²) in [5, 5.41) is 3.47. The van der Waals surface area contributed by atoms with Gasteiger partial charge < -0.3 is 19.5 Å². The Morgan fingerprint density at radius 3 is 2.20 bits per heavy atom. The Morgan fingerprint density at radius 2 is 1.57 bits per heavy atom. The van der Waals surface area contributed by atoms with E-state index in [-0.39, 0.29) is 36.4 Å². The Morgan fingerprint density at radius 1 is 0.914 bits per heavy atom. The zero-order chi connectivity index (χ0) is 25.2. The molecule has 9 nitrogen and oxygen atoms in total. The van der Waals surface area contributed by atoms with E-state index in [0.29, 0.717) is 12.8 Å². The number of amides is 1. The zero-order valence-electron chi connectivity index (χ0n) is 19.5. The highest BCUT2D eigenvalue weighted by Gasteiger charge is 2.16. The maximum absolute atomic E-state index is 12.3. The van der Waals surface area contributed by atoms with Crippen LogP contribution in [0.5, 0.6) is 0 Å². The van der Waals surface area contributed by atoms with Gasteiger partial charge in [-0.2, -0.15) is 0 Å². The van der Waals surface area contributed by atoms with Gasteiger partial charge in [0.2, 0.25) is 0 Å². The molecule has 0 bridgehead atoms. The van der Waals surface area contributed by atoms with Crippen molar-refractivity contribution < 1.29 is 33.4 Å². The molecular formula is C25H26N2O7S. The maximum Gasteiger partial charge on any atom is 0.338 e. The number of para-hydroxylation sites is 1. The third-order valence-electron chi connectivity index (χ3n) is 4.71. The molecule has 3 rings (SSSR count). The van der Waals surface area contributed by atoms with Gasteiger partial charge in [-0.1, -0.05) is 12.1 Å². The van der Waals surface area contributed by atoms with Crippen molar-refractivity contribution in [2.45, 2.75) is 33.1 Å². The molecule has 0 saturated carbocycles. The van der Waals surface area contributed by atoms with Gasteiger partial charge in [-0.3, -0.25) is 9.59 Å². The molecule has 0 aliphatic heterocycles. The van der Waals surface area contributed by atoms with Crippen LogP contribution in [0.25, 0.3) is 10.2 Å². The van der Waals surface area contributed by atoms with E-state index in [1.807, 2.05) is 24.3 Å². The number of ether oxygens (including phenoxy) is 3. The van der Waals surface area contributed by atoms with Crippen LogP contribution in [0.3, 0.4) is 0 Å². The second-order valence-electron chi connectivity index (χ2n) is 7.38. The number of aromatic nitrogens is 1. The average molecular weight is 499 g/mol. The van der Waals surface area contributed by atoms with Crippen molar-refractivity contribution in [2.24, 2.45) is 0 Å². The Balaban J connectivity index is 1.51. The number of nitrogens with zero attached hydrogens (tertiary/aromatic N) is 1. The van der Waals surface area contributed by atoms with E-state index in [1.54, 1.807) is 25.2 Å². The lowest BCUT2D eigenvalue weighted by atomic mass is 10.1. The zero-order valence-corrected chi connectivity index (χ0v) is 20.3. The minimum Gasteiger partial charge on any atom is -0.462 e. The molecule has 1 heterocycles. The summed E-state index contributed by atoms with van der Waals surface area (Å²) in [6.07, 6.45) is 1.33. The number of esters is 3. The van der Waals surface area contributed by atoms with E-state index in [4.69, 9.17) is 14.2 Å². The molecule has 0 spiro atoms. The first-order chi connectivity index (χ1) is 16.9. The number of carbonyl (C=O) groups is 4. The number of carbonyl (C=O) groups excluding carboxylic acids is 4. The molecule has 0 unspecified atom stereocenters. The summed E-state index contributed by atoms with van der Waals surface area (Å²) >= 11 is 1.59. The number of fused-ring (bicyclic) bond motifs is 1. The number of benzene rings is 2. The first kappa shape index (κ1) is 25.8. The Labute approximate surface area is 206 Å². The van der Waals surface area contributed by atoms with Crippen molar-refractivity contribution in [1.82, 2.24) is 4.98 Å². The van der Waals surface area contributed by atoms with E-state index in [9.17, 15) is 19.2 Å². The molecule has 35 heavy (non-hydrogen) atoms. The molecule has 0 aliphatic carbocycles. The van der Waals surface area contributed by atoms with E-state index < -0.39 is 30.4 Å². The number of nitrogens with one attached hydrogen (secondary N) is 1. The maximum atomic E-state index is 12.3. The van der Waals surface area contributed by atoms with Gasteiger partial charge in [0.05, 0.1) is 39.6 Å². The monoisotopic (exact) mass is 498 g/mol. The number of anilines is 1. The summed E-state index contributed by atoms with van der Waals surface area (Å²) in [7, 11) is 0. The molecule has 10 heteroatoms. The number of aryl methyl sites for hydroxylation is 1. The van der Waals surface area contributed by atoms with Crippen molar-refractivity contribution in [3.05, 3.63) is 58.6 Å². The lowest BCUT2D eigenvalue weighted by Crippen LogP contribution is -2.21. The van der Waals surface area contributed by atoms with E-state index >= 15 is 0 Å². The molecular weight excluding hydrogens is 472 g/mol. The normalized spacial score (nSPS) is 10.6. The van der Waals surface area contributed by atoms with Gasteiger partial charge in [0, 0.05) is 12.1 Å². The SMILES string of the molecule is CCOC(=O)c1cc(NC(=O)COC(=O)CCCc2nc3ccccc3s2)cc(C(=O)OCC)c1. The van der Waals surface area contributed by atoms with Gasteiger partial charge in [-0.25, -0.2) is 14.6 Å². The summed E-state index contributed by atoms with van der Waals surface area (Å²) < 4.78 is 16.1. The summed E-state index contributed by atoms with van der Waals surface area (Å²) in [5.41, 5.74) is 1.28. The van der Waals surface area contributed by atoms with Crippen molar-refractivity contribution >= 4 is 51.1 Å². The summed E-state index contributed by atoms with van der Waals surface area (Å²) in [6, 6.07) is 11.9. The summed E-state index contributed by atoms with van der Waals surface area (Å²) in [4.78, 5) is 53.1. The number of hydrogen-bond acceptors (Lipinski definition) is 9. The molecule has 0 saturated heterocycles. The summed E-state index contributed by atoms with van der Waals surface area (Å²) in [6.45, 7) is 3.11. The average Bonchev–Trinajstić information content (AvgIpc) is 3.25. The fourth-order valence-electron chi connectivity index (χ4n) is 3.19. The second-order valence-corrected chi connectivity index (χ2v) is 8.49. The lowest BCUT2D eigenvalue weighted by molar-refractivity contribution is -0.147. The van der Waals surface area contributed by atoms with E-state index in [1.165, 1.54) is 18.2 Å². The molecule has 0 radical (unpaired) electrons. The molecule has 1 N–H and O–H groups in total. The van der Waals surface area contributed by atoms with Crippen LogP contribution in [-0.4, -0.2) is 48.6 Å². The largest absolute Gasteiger partial charge is 0.462 e. The van der Waals surface area contributed by atoms with Crippen LogP contribution in [0.4, 0.5) is 5.69 Å². The molecule has 0 atom stereocenters. The van der Waals surface area contributed by atoms with Gasteiger partial charge in [-0.05, 0) is 57.0 Å². The predicted octanol–water partition coefficient (Wildman–Crippen LogP) is 4.15. The highest BCUT2D eigenvalue weighted by atomic mass is 32.1. The van der Waals surface area contributed by atoms with Gasteiger partial charge in [0.25, 0.3) is 5.91 Å². The minimum atomic E-state index is -0.645. The van der Waals surface area contributed by atoms with Gasteiger partial charge in [0.15, 0.2) is 6.61 Å². The van der Waals surface area contributed by atoms with Crippen molar-refractivity contribution in [1.29, 1.82) is 0 Å². The van der Waals surface area contributed by atoms with Gasteiger partial charge >= 0.3 is 17.9 Å². The number of thiazole rings is 1. The topological polar surface area (TPSA) is 121 Å². The van der Waals surface area contributed by atoms with Crippen molar-refractivity contribution in [3.8, 4) is 0 Å². The minimum absolute atomic E-state index is 0.0829. The lowest BCUT2D eigenvalue weighted by Gasteiger charge is -2.11. The first-order valence-corrected chi connectivity index (χ1v) is 12.0. The van der Waals surface area contributed by atoms with Crippen molar-refractivity contribution in [2.75, 3.05) is 25.1 Å². The molecule has 1 aromatic heterocycles. The fraction of sp³-hybridized carbons (Fsp3) is 0.320. The van der Waals surface area contributed by atoms with Crippen LogP contribution in [-0.2, 0) is 30.2 Å². The third kappa shape index (κ3) is 7.61. The van der Waals surface area contributed by atoms with Crippen LogP contribution in [0.2, 0.25) is 0 Å². The predicted molar refractivity (Wildman–Crippen MR) is 131 cm³/mol. The highest BCUT2D eigenvalue weighted by Crippen LogP contribution is 2.23. The van der Waals surface area contributed by atoms with Gasteiger partial charge in [0.1, 0.15) is 0 Å².